The van der Waals surface area contributed by atoms with Crippen molar-refractivity contribution in [2.75, 3.05) is 20.8 Å². The van der Waals surface area contributed by atoms with Crippen LogP contribution in [0.1, 0.15) is 18.4 Å². The Morgan fingerprint density at radius 3 is 2.67 bits per heavy atom. The maximum absolute atomic E-state index is 11.8. The predicted octanol–water partition coefficient (Wildman–Crippen LogP) is 2.09. The molecular weight excluding hydrogens is 310 g/mol. The molecule has 0 heterocycles. The van der Waals surface area contributed by atoms with Crippen LogP contribution in [0.5, 0.6) is 11.5 Å². The molecule has 0 aromatic heterocycles. The quantitative estimate of drug-likeness (QED) is 0.710. The summed E-state index contributed by atoms with van der Waals surface area (Å²) in [5.41, 5.74) is 2.34. The van der Waals surface area contributed by atoms with Crippen molar-refractivity contribution < 1.29 is 24.2 Å². The first kappa shape index (κ1) is 17.6. The fraction of sp³-hybridized carbons (Fsp3) is 0.333. The molecule has 0 unspecified atom stereocenters. The first-order valence-electron chi connectivity index (χ1n) is 7.67. The number of nitrogens with one attached hydrogen (secondary N) is 1. The summed E-state index contributed by atoms with van der Waals surface area (Å²) < 4.78 is 10.5. The van der Waals surface area contributed by atoms with Gasteiger partial charge in [0.25, 0.3) is 0 Å². The second-order valence-electron chi connectivity index (χ2n) is 5.35. The Morgan fingerprint density at radius 1 is 1.25 bits per heavy atom. The third kappa shape index (κ3) is 4.38. The Balaban J connectivity index is 2.00. The van der Waals surface area contributed by atoms with Gasteiger partial charge in [0.05, 0.1) is 14.2 Å². The first-order chi connectivity index (χ1) is 11.5. The molecule has 128 valence electrons. The minimum absolute atomic E-state index is 0.0267. The van der Waals surface area contributed by atoms with E-state index in [4.69, 9.17) is 14.6 Å². The summed E-state index contributed by atoms with van der Waals surface area (Å²) in [6.45, 7) is 0.641. The molecule has 0 atom stereocenters. The average molecular weight is 331 g/mol. The minimum Gasteiger partial charge on any atom is -0.493 e. The molecule has 2 N–H and O–H groups in total. The van der Waals surface area contributed by atoms with Crippen LogP contribution in [0.3, 0.4) is 0 Å². The van der Waals surface area contributed by atoms with Crippen LogP contribution in [0.25, 0.3) is 0 Å². The molecule has 0 radical (unpaired) electrons. The van der Waals surface area contributed by atoms with Crippen LogP contribution in [-0.4, -0.2) is 37.6 Å². The van der Waals surface area contributed by atoms with Crippen molar-refractivity contribution in [1.29, 1.82) is 0 Å². The number of hydrogen-bond donors (Lipinski definition) is 2. The second kappa shape index (κ2) is 8.19. The van der Waals surface area contributed by atoms with Gasteiger partial charge in [-0.1, -0.05) is 6.07 Å². The number of ether oxygens (including phenoxy) is 2. The van der Waals surface area contributed by atoms with Crippen molar-refractivity contribution in [3.63, 3.8) is 0 Å². The standard InChI is InChI=1S/C18H21NO5/c1-23-16-7-3-12(11-17(16)24-2)9-10-19-14-5-6-15(20)13(14)4-8-18(21)22/h3-4,7-8,11,19H,5-6,9-10H2,1-2H3,(H,21,22). The number of aliphatic carboxylic acids is 1. The van der Waals surface area contributed by atoms with Crippen LogP contribution in [0, 0.1) is 0 Å². The number of carbonyl (C=O) groups excluding carboxylic acids is 1. The monoisotopic (exact) mass is 331 g/mol. The van der Waals surface area contributed by atoms with E-state index in [0.717, 1.165) is 23.8 Å². The maximum atomic E-state index is 11.8. The van der Waals surface area contributed by atoms with E-state index in [1.807, 2.05) is 18.2 Å². The van der Waals surface area contributed by atoms with Gasteiger partial charge in [-0.3, -0.25) is 4.79 Å². The molecule has 0 fully saturated rings. The molecule has 0 bridgehead atoms. The summed E-state index contributed by atoms with van der Waals surface area (Å²) in [4.78, 5) is 22.4. The van der Waals surface area contributed by atoms with Crippen molar-refractivity contribution in [3.05, 3.63) is 47.2 Å². The lowest BCUT2D eigenvalue weighted by Crippen LogP contribution is -2.17. The average Bonchev–Trinajstić information content (AvgIpc) is 2.92. The second-order valence-corrected chi connectivity index (χ2v) is 5.35. The number of carboxylic acids is 1. The zero-order chi connectivity index (χ0) is 17.5. The van der Waals surface area contributed by atoms with Gasteiger partial charge in [-0.25, -0.2) is 4.79 Å². The molecule has 0 saturated heterocycles. The molecule has 1 aromatic rings. The van der Waals surface area contributed by atoms with E-state index in [-0.39, 0.29) is 5.78 Å². The van der Waals surface area contributed by atoms with Crippen molar-refractivity contribution in [1.82, 2.24) is 5.32 Å². The molecule has 0 aliphatic heterocycles. The Bertz CT molecular complexity index is 691. The van der Waals surface area contributed by atoms with Crippen molar-refractivity contribution in [2.24, 2.45) is 0 Å². The van der Waals surface area contributed by atoms with Crippen molar-refractivity contribution >= 4 is 11.8 Å². The predicted molar refractivity (Wildman–Crippen MR) is 89.3 cm³/mol. The molecule has 1 aromatic carbocycles. The summed E-state index contributed by atoms with van der Waals surface area (Å²) in [5, 5.41) is 11.9. The van der Waals surface area contributed by atoms with Gasteiger partial charge in [0.15, 0.2) is 17.3 Å². The number of carbonyl (C=O) groups is 2. The molecule has 6 heteroatoms. The fourth-order valence-corrected chi connectivity index (χ4v) is 2.60. The maximum Gasteiger partial charge on any atom is 0.328 e. The summed E-state index contributed by atoms with van der Waals surface area (Å²) in [6, 6.07) is 5.73. The topological polar surface area (TPSA) is 84.9 Å². The van der Waals surface area contributed by atoms with Gasteiger partial charge in [-0.05, 0) is 36.6 Å². The van der Waals surface area contributed by atoms with Crippen molar-refractivity contribution in [2.45, 2.75) is 19.3 Å². The highest BCUT2D eigenvalue weighted by Crippen LogP contribution is 2.27. The zero-order valence-corrected chi connectivity index (χ0v) is 13.8. The van der Waals surface area contributed by atoms with Crippen LogP contribution < -0.4 is 14.8 Å². The highest BCUT2D eigenvalue weighted by atomic mass is 16.5. The Labute approximate surface area is 140 Å². The number of allylic oxidation sites excluding steroid dienone is 3. The largest absolute Gasteiger partial charge is 0.493 e. The van der Waals surface area contributed by atoms with Crippen molar-refractivity contribution in [3.8, 4) is 11.5 Å². The third-order valence-electron chi connectivity index (χ3n) is 3.82. The lowest BCUT2D eigenvalue weighted by atomic mass is 10.1. The lowest BCUT2D eigenvalue weighted by Gasteiger charge is -2.11. The number of methoxy groups -OCH3 is 2. The highest BCUT2D eigenvalue weighted by molar-refractivity contribution is 6.02. The normalized spacial score (nSPS) is 14.3. The fourth-order valence-electron chi connectivity index (χ4n) is 2.60. The molecule has 24 heavy (non-hydrogen) atoms. The third-order valence-corrected chi connectivity index (χ3v) is 3.82. The van der Waals surface area contributed by atoms with Crippen LogP contribution in [0.15, 0.2) is 41.6 Å². The van der Waals surface area contributed by atoms with E-state index in [0.29, 0.717) is 36.5 Å². The van der Waals surface area contributed by atoms with Crippen LogP contribution >= 0.6 is 0 Å². The smallest absolute Gasteiger partial charge is 0.328 e. The number of Topliss-reactive ketones (excluding diaryl/α,β-unsaturated/α-hetero) is 1. The number of rotatable bonds is 8. The van der Waals surface area contributed by atoms with Gasteiger partial charge >= 0.3 is 5.97 Å². The van der Waals surface area contributed by atoms with E-state index in [9.17, 15) is 9.59 Å². The molecule has 6 nitrogen and oxygen atoms in total. The minimum atomic E-state index is -1.06. The van der Waals surface area contributed by atoms with Gasteiger partial charge in [-0.2, -0.15) is 0 Å². The van der Waals surface area contributed by atoms with Gasteiger partial charge in [0, 0.05) is 30.3 Å². The van der Waals surface area contributed by atoms with Crippen LogP contribution in [0.2, 0.25) is 0 Å². The van der Waals surface area contributed by atoms with E-state index in [1.165, 1.54) is 6.08 Å². The lowest BCUT2D eigenvalue weighted by molar-refractivity contribution is -0.131. The van der Waals surface area contributed by atoms with E-state index in [2.05, 4.69) is 5.32 Å². The molecular formula is C18H21NO5. The van der Waals surface area contributed by atoms with E-state index < -0.39 is 5.97 Å². The summed E-state index contributed by atoms with van der Waals surface area (Å²) >= 11 is 0. The number of hydrogen-bond acceptors (Lipinski definition) is 5. The highest BCUT2D eigenvalue weighted by Gasteiger charge is 2.20. The Morgan fingerprint density at radius 2 is 2.00 bits per heavy atom. The van der Waals surface area contributed by atoms with E-state index >= 15 is 0 Å². The van der Waals surface area contributed by atoms with Crippen LogP contribution in [-0.2, 0) is 16.0 Å². The van der Waals surface area contributed by atoms with Gasteiger partial charge < -0.3 is 19.9 Å². The summed E-state index contributed by atoms with van der Waals surface area (Å²) in [7, 11) is 3.19. The number of benzene rings is 1. The Kier molecular flexibility index (Phi) is 6.01. The molecule has 0 spiro atoms. The summed E-state index contributed by atoms with van der Waals surface area (Å²) in [6.07, 6.45) is 4.14. The SMILES string of the molecule is COc1ccc(CCNC2=C(C=CC(=O)O)C(=O)CC2)cc1OC. The molecule has 2 rings (SSSR count). The van der Waals surface area contributed by atoms with Gasteiger partial charge in [0.1, 0.15) is 0 Å². The molecule has 1 aliphatic rings. The van der Waals surface area contributed by atoms with E-state index in [1.54, 1.807) is 14.2 Å². The first-order valence-corrected chi connectivity index (χ1v) is 7.67. The molecule has 0 amide bonds. The zero-order valence-electron chi connectivity index (χ0n) is 13.8. The van der Waals surface area contributed by atoms with Crippen LogP contribution in [0.4, 0.5) is 0 Å². The molecule has 0 saturated carbocycles. The number of carboxylic acid groups (broad SMARTS) is 1. The molecule has 1 aliphatic carbocycles. The van der Waals surface area contributed by atoms with Gasteiger partial charge in [0.2, 0.25) is 0 Å². The van der Waals surface area contributed by atoms with Gasteiger partial charge in [-0.15, -0.1) is 0 Å². The number of ketones is 1. The Hall–Kier alpha value is -2.76. The summed E-state index contributed by atoms with van der Waals surface area (Å²) in [5.74, 6) is 0.266.